The number of benzene rings is 3. The Morgan fingerprint density at radius 2 is 1.49 bits per heavy atom. The van der Waals surface area contributed by atoms with Gasteiger partial charge in [0, 0.05) is 38.6 Å². The summed E-state index contributed by atoms with van der Waals surface area (Å²) in [6.45, 7) is -0.353. The molecule has 3 rings (SSSR count). The highest BCUT2D eigenvalue weighted by atomic mass is 79.9. The second-order valence-electron chi connectivity index (χ2n) is 8.60. The minimum Gasteiger partial charge on any atom is -0.357 e. The molecule has 1 N–H and O–H groups in total. The third-order valence-electron chi connectivity index (χ3n) is 5.82. The van der Waals surface area contributed by atoms with Crippen LogP contribution in [0.5, 0.6) is 0 Å². The molecule has 1 atom stereocenters. The van der Waals surface area contributed by atoms with Crippen molar-refractivity contribution in [2.45, 2.75) is 19.0 Å². The quantitative estimate of drug-likeness (QED) is 0.372. The number of halogens is 1. The Kier molecular flexibility index (Phi) is 9.85. The topological polar surface area (TPSA) is 90.0 Å². The first-order valence-electron chi connectivity index (χ1n) is 11.7. The highest BCUT2D eigenvalue weighted by Crippen LogP contribution is 2.22. The van der Waals surface area contributed by atoms with Gasteiger partial charge in [-0.2, -0.15) is 12.7 Å². The molecule has 3 aromatic carbocycles. The molecule has 0 spiro atoms. The Bertz CT molecular complexity index is 1300. The van der Waals surface area contributed by atoms with Crippen LogP contribution in [0, 0.1) is 0 Å². The molecule has 0 fully saturated rings. The Morgan fingerprint density at radius 1 is 0.892 bits per heavy atom. The van der Waals surface area contributed by atoms with Crippen molar-refractivity contribution in [2.75, 3.05) is 32.0 Å². The van der Waals surface area contributed by atoms with Gasteiger partial charge in [-0.15, -0.1) is 0 Å². The molecule has 10 heteroatoms. The van der Waals surface area contributed by atoms with E-state index in [0.717, 1.165) is 24.2 Å². The summed E-state index contributed by atoms with van der Waals surface area (Å²) >= 11 is 3.46. The van der Waals surface area contributed by atoms with Crippen LogP contribution >= 0.6 is 15.9 Å². The number of amides is 2. The van der Waals surface area contributed by atoms with Crippen molar-refractivity contribution in [2.24, 2.45) is 0 Å². The van der Waals surface area contributed by atoms with E-state index >= 15 is 0 Å². The van der Waals surface area contributed by atoms with Gasteiger partial charge in [-0.05, 0) is 35.4 Å². The number of likely N-dealkylation sites (N-methyl/N-ethyl adjacent to an activating group) is 1. The second kappa shape index (κ2) is 12.8. The van der Waals surface area contributed by atoms with Gasteiger partial charge in [-0.3, -0.25) is 9.59 Å². The van der Waals surface area contributed by atoms with Crippen molar-refractivity contribution in [3.63, 3.8) is 0 Å². The summed E-state index contributed by atoms with van der Waals surface area (Å²) in [6, 6.07) is 24.5. The molecule has 0 saturated heterocycles. The Labute approximate surface area is 227 Å². The van der Waals surface area contributed by atoms with E-state index in [1.165, 1.54) is 26.0 Å². The van der Waals surface area contributed by atoms with Gasteiger partial charge >= 0.3 is 10.2 Å². The molecule has 0 unspecified atom stereocenters. The Balaban J connectivity index is 2.05. The molecular weight excluding hydrogens is 556 g/mol. The van der Waals surface area contributed by atoms with Crippen molar-refractivity contribution in [1.29, 1.82) is 0 Å². The van der Waals surface area contributed by atoms with Crippen LogP contribution in [0.2, 0.25) is 0 Å². The summed E-state index contributed by atoms with van der Waals surface area (Å²) in [5, 5.41) is 2.67. The number of rotatable bonds is 11. The summed E-state index contributed by atoms with van der Waals surface area (Å²) in [5.74, 6) is -0.840. The lowest BCUT2D eigenvalue weighted by molar-refractivity contribution is -0.139. The first-order chi connectivity index (χ1) is 17.6. The van der Waals surface area contributed by atoms with Gasteiger partial charge in [0.2, 0.25) is 11.8 Å². The SMILES string of the molecule is CNC(=O)[C@@H](Cc1ccccc1)N(Cc1cccc(Br)c1)C(=O)CN(c1ccccc1)S(=O)(=O)N(C)C. The molecule has 0 aliphatic rings. The van der Waals surface area contributed by atoms with Gasteiger partial charge < -0.3 is 10.2 Å². The van der Waals surface area contributed by atoms with Crippen LogP contribution in [0.4, 0.5) is 5.69 Å². The first-order valence-corrected chi connectivity index (χ1v) is 13.9. The molecule has 0 heterocycles. The monoisotopic (exact) mass is 586 g/mol. The van der Waals surface area contributed by atoms with E-state index in [2.05, 4.69) is 21.2 Å². The Hall–Kier alpha value is -3.21. The molecule has 0 saturated carbocycles. The molecule has 3 aromatic rings. The molecule has 2 amide bonds. The van der Waals surface area contributed by atoms with Gasteiger partial charge in [0.1, 0.15) is 12.6 Å². The molecule has 196 valence electrons. The van der Waals surface area contributed by atoms with Crippen LogP contribution in [0.15, 0.2) is 89.4 Å². The van der Waals surface area contributed by atoms with E-state index in [-0.39, 0.29) is 18.9 Å². The first kappa shape index (κ1) is 28.4. The zero-order chi connectivity index (χ0) is 27.0. The Morgan fingerprint density at radius 3 is 2.05 bits per heavy atom. The van der Waals surface area contributed by atoms with E-state index in [4.69, 9.17) is 0 Å². The fourth-order valence-corrected chi connectivity index (χ4v) is 5.37. The lowest BCUT2D eigenvalue weighted by Gasteiger charge is -2.34. The smallest absolute Gasteiger partial charge is 0.304 e. The highest BCUT2D eigenvalue weighted by molar-refractivity contribution is 9.10. The van der Waals surface area contributed by atoms with Crippen molar-refractivity contribution in [1.82, 2.24) is 14.5 Å². The summed E-state index contributed by atoms with van der Waals surface area (Å²) < 4.78 is 29.4. The predicted molar refractivity (Wildman–Crippen MR) is 149 cm³/mol. The summed E-state index contributed by atoms with van der Waals surface area (Å²) in [5.41, 5.74) is 2.03. The number of nitrogens with one attached hydrogen (secondary N) is 1. The number of nitrogens with zero attached hydrogens (tertiary/aromatic N) is 3. The maximum atomic E-state index is 13.9. The van der Waals surface area contributed by atoms with Crippen LogP contribution in [0.25, 0.3) is 0 Å². The molecule has 8 nitrogen and oxygen atoms in total. The third kappa shape index (κ3) is 7.41. The number of anilines is 1. The average molecular weight is 588 g/mol. The van der Waals surface area contributed by atoms with Crippen molar-refractivity contribution >= 4 is 43.6 Å². The maximum Gasteiger partial charge on any atom is 0.304 e. The van der Waals surface area contributed by atoms with E-state index in [1.54, 1.807) is 30.3 Å². The van der Waals surface area contributed by atoms with E-state index < -0.39 is 28.7 Å². The van der Waals surface area contributed by atoms with Gasteiger partial charge in [0.25, 0.3) is 0 Å². The molecular formula is C27H31BrN4O4S. The second-order valence-corrected chi connectivity index (χ2v) is 11.6. The van der Waals surface area contributed by atoms with E-state index in [0.29, 0.717) is 5.69 Å². The van der Waals surface area contributed by atoms with Gasteiger partial charge in [0.05, 0.1) is 5.69 Å². The lowest BCUT2D eigenvalue weighted by Crippen LogP contribution is -2.53. The molecule has 0 aliphatic carbocycles. The van der Waals surface area contributed by atoms with Crippen LogP contribution < -0.4 is 9.62 Å². The summed E-state index contributed by atoms with van der Waals surface area (Å²) in [4.78, 5) is 28.5. The summed E-state index contributed by atoms with van der Waals surface area (Å²) in [6.07, 6.45) is 0.270. The van der Waals surface area contributed by atoms with Gasteiger partial charge in [-0.25, -0.2) is 4.31 Å². The van der Waals surface area contributed by atoms with Gasteiger partial charge in [-0.1, -0.05) is 76.6 Å². The van der Waals surface area contributed by atoms with Crippen LogP contribution in [-0.2, 0) is 32.8 Å². The molecule has 37 heavy (non-hydrogen) atoms. The van der Waals surface area contributed by atoms with Crippen LogP contribution in [0.1, 0.15) is 11.1 Å². The zero-order valence-electron chi connectivity index (χ0n) is 21.0. The molecule has 0 aromatic heterocycles. The fourth-order valence-electron chi connectivity index (χ4n) is 3.86. The van der Waals surface area contributed by atoms with Crippen LogP contribution in [0.3, 0.4) is 0 Å². The minimum atomic E-state index is -4.00. The average Bonchev–Trinajstić information content (AvgIpc) is 2.89. The van der Waals surface area contributed by atoms with Crippen molar-refractivity contribution in [3.8, 4) is 0 Å². The number of para-hydroxylation sites is 1. The zero-order valence-corrected chi connectivity index (χ0v) is 23.4. The van der Waals surface area contributed by atoms with Crippen molar-refractivity contribution in [3.05, 3.63) is 101 Å². The van der Waals surface area contributed by atoms with Gasteiger partial charge in [0.15, 0.2) is 0 Å². The summed E-state index contributed by atoms with van der Waals surface area (Å²) in [7, 11) is 0.352. The van der Waals surface area contributed by atoms with Crippen molar-refractivity contribution < 1.29 is 18.0 Å². The third-order valence-corrected chi connectivity index (χ3v) is 8.14. The maximum absolute atomic E-state index is 13.9. The highest BCUT2D eigenvalue weighted by Gasteiger charge is 2.34. The molecule has 0 aliphatic heterocycles. The predicted octanol–water partition coefficient (Wildman–Crippen LogP) is 3.45. The lowest BCUT2D eigenvalue weighted by atomic mass is 10.0. The van der Waals surface area contributed by atoms with E-state index in [1.807, 2.05) is 54.6 Å². The van der Waals surface area contributed by atoms with Crippen LogP contribution in [-0.4, -0.2) is 63.2 Å². The normalized spacial score (nSPS) is 12.1. The minimum absolute atomic E-state index is 0.119. The van der Waals surface area contributed by atoms with E-state index in [9.17, 15) is 18.0 Å². The number of hydrogen-bond acceptors (Lipinski definition) is 4. The fraction of sp³-hybridized carbons (Fsp3) is 0.259. The number of carbonyl (C=O) groups excluding carboxylic acids is 2. The molecule has 0 bridgehead atoms. The largest absolute Gasteiger partial charge is 0.357 e. The number of hydrogen-bond donors (Lipinski definition) is 1. The molecule has 0 radical (unpaired) electrons. The number of carbonyl (C=O) groups is 2. The standard InChI is InChI=1S/C27H31BrN4O4S/c1-29-27(34)25(18-21-11-6-4-7-12-21)31(19-22-13-10-14-23(28)17-22)26(33)20-32(37(35,36)30(2)3)24-15-8-5-9-16-24/h4-17,25H,18-20H2,1-3H3,(H,29,34)/t25-/m1/s1.